The van der Waals surface area contributed by atoms with Gasteiger partial charge in [-0.05, 0) is 66.3 Å². The molecule has 0 radical (unpaired) electrons. The highest BCUT2D eigenvalue weighted by atomic mass is 35.5. The van der Waals surface area contributed by atoms with E-state index in [0.717, 1.165) is 11.3 Å². The van der Waals surface area contributed by atoms with Crippen LogP contribution in [0.3, 0.4) is 0 Å². The molecule has 1 amide bonds. The van der Waals surface area contributed by atoms with E-state index in [4.69, 9.17) is 21.1 Å². The molecule has 1 aliphatic carbocycles. The number of nitrogens with zero attached hydrogens (tertiary/aromatic N) is 1. The molecular weight excluding hydrogens is 568 g/mol. The second-order valence-electron chi connectivity index (χ2n) is 11.6. The zero-order chi connectivity index (χ0) is 30.7. The van der Waals surface area contributed by atoms with E-state index in [0.29, 0.717) is 65.1 Å². The summed E-state index contributed by atoms with van der Waals surface area (Å²) < 4.78 is 12.1. The number of carboxylic acid groups (broad SMARTS) is 1. The zero-order valence-corrected chi connectivity index (χ0v) is 25.2. The van der Waals surface area contributed by atoms with Crippen molar-refractivity contribution in [2.24, 2.45) is 5.41 Å². The van der Waals surface area contributed by atoms with E-state index >= 15 is 0 Å². The third-order valence-corrected chi connectivity index (χ3v) is 7.87. The number of ketones is 1. The van der Waals surface area contributed by atoms with Crippen LogP contribution in [0.5, 0.6) is 11.5 Å². The molecule has 2 N–H and O–H groups in total. The fraction of sp³-hybridized carbons (Fsp3) is 0.324. The minimum Gasteiger partial charge on any atom is -0.490 e. The number of allylic oxidation sites excluding steroid dienone is 1. The quantitative estimate of drug-likeness (QED) is 0.264. The molecule has 5 rings (SSSR count). The lowest BCUT2D eigenvalue weighted by Gasteiger charge is -2.37. The van der Waals surface area contributed by atoms with Crippen molar-refractivity contribution in [1.29, 1.82) is 0 Å². The Morgan fingerprint density at radius 2 is 1.74 bits per heavy atom. The van der Waals surface area contributed by atoms with Gasteiger partial charge in [-0.15, -0.1) is 0 Å². The number of anilines is 2. The first kappa shape index (κ1) is 30.2. The predicted molar refractivity (Wildman–Crippen MR) is 166 cm³/mol. The van der Waals surface area contributed by atoms with E-state index in [1.54, 1.807) is 23.1 Å². The molecule has 0 unspecified atom stereocenters. The summed E-state index contributed by atoms with van der Waals surface area (Å²) in [5, 5.41) is 13.5. The minimum atomic E-state index is -1.07. The number of nitrogens with one attached hydrogen (secondary N) is 1. The summed E-state index contributed by atoms with van der Waals surface area (Å²) in [6.07, 6.45) is 0.379. The number of halogens is 1. The van der Waals surface area contributed by atoms with Gasteiger partial charge in [-0.25, -0.2) is 0 Å². The van der Waals surface area contributed by atoms with Gasteiger partial charge < -0.3 is 19.9 Å². The van der Waals surface area contributed by atoms with Crippen LogP contribution in [0.1, 0.15) is 63.6 Å². The molecule has 1 aliphatic heterocycles. The number of amides is 1. The first-order valence-corrected chi connectivity index (χ1v) is 14.7. The second-order valence-corrected chi connectivity index (χ2v) is 12.0. The van der Waals surface area contributed by atoms with E-state index in [1.807, 2.05) is 55.5 Å². The molecule has 8 nitrogen and oxygen atoms in total. The number of carboxylic acids is 1. The molecular formula is C34H35ClN2O6. The van der Waals surface area contributed by atoms with Crippen LogP contribution in [0.25, 0.3) is 0 Å². The van der Waals surface area contributed by atoms with Crippen molar-refractivity contribution in [3.8, 4) is 11.5 Å². The molecule has 9 heteroatoms. The summed E-state index contributed by atoms with van der Waals surface area (Å²) in [5.74, 6) is -0.532. The number of fused-ring (bicyclic) bond motifs is 1. The molecule has 0 fully saturated rings. The molecule has 224 valence electrons. The third kappa shape index (κ3) is 6.70. The zero-order valence-electron chi connectivity index (χ0n) is 24.5. The fourth-order valence-corrected chi connectivity index (χ4v) is 5.86. The smallest absolute Gasteiger partial charge is 0.303 e. The van der Waals surface area contributed by atoms with Gasteiger partial charge in [0.25, 0.3) is 0 Å². The predicted octanol–water partition coefficient (Wildman–Crippen LogP) is 7.33. The van der Waals surface area contributed by atoms with Crippen LogP contribution in [-0.2, 0) is 21.0 Å². The van der Waals surface area contributed by atoms with E-state index in [1.165, 1.54) is 0 Å². The molecule has 0 saturated heterocycles. The van der Waals surface area contributed by atoms with E-state index in [2.05, 4.69) is 19.2 Å². The lowest BCUT2D eigenvalue weighted by molar-refractivity contribution is -0.138. The normalized spacial score (nSPS) is 17.3. The van der Waals surface area contributed by atoms with Crippen molar-refractivity contribution in [2.75, 3.05) is 16.8 Å². The van der Waals surface area contributed by atoms with Crippen LogP contribution in [0.4, 0.5) is 11.4 Å². The van der Waals surface area contributed by atoms with Gasteiger partial charge >= 0.3 is 5.97 Å². The lowest BCUT2D eigenvalue weighted by Crippen LogP contribution is -2.39. The Morgan fingerprint density at radius 3 is 2.47 bits per heavy atom. The van der Waals surface area contributed by atoms with Gasteiger partial charge in [0.15, 0.2) is 17.3 Å². The maximum absolute atomic E-state index is 13.9. The summed E-state index contributed by atoms with van der Waals surface area (Å²) in [7, 11) is 0. The Bertz CT molecular complexity index is 1580. The van der Waals surface area contributed by atoms with Crippen LogP contribution < -0.4 is 19.7 Å². The van der Waals surface area contributed by atoms with Crippen molar-refractivity contribution in [2.45, 2.75) is 59.1 Å². The number of aliphatic carboxylic acids is 1. The molecule has 3 aromatic rings. The monoisotopic (exact) mass is 602 g/mol. The van der Waals surface area contributed by atoms with Crippen LogP contribution >= 0.6 is 11.6 Å². The maximum Gasteiger partial charge on any atom is 0.303 e. The Hall–Kier alpha value is -4.30. The molecule has 3 aromatic carbocycles. The lowest BCUT2D eigenvalue weighted by atomic mass is 9.73. The minimum absolute atomic E-state index is 0.0615. The molecule has 2 aliphatic rings. The Balaban J connectivity index is 1.63. The second kappa shape index (κ2) is 12.5. The van der Waals surface area contributed by atoms with Crippen molar-refractivity contribution in [3.63, 3.8) is 0 Å². The number of Topliss-reactive ketones (excluding diaryl/α,β-unsaturated/α-hetero) is 1. The van der Waals surface area contributed by atoms with Gasteiger partial charge in [0.2, 0.25) is 5.91 Å². The van der Waals surface area contributed by atoms with Gasteiger partial charge in [-0.3, -0.25) is 19.3 Å². The van der Waals surface area contributed by atoms with Gasteiger partial charge in [-0.1, -0.05) is 55.8 Å². The average molecular weight is 603 g/mol. The van der Waals surface area contributed by atoms with E-state index < -0.39 is 17.9 Å². The van der Waals surface area contributed by atoms with E-state index in [9.17, 15) is 19.5 Å². The maximum atomic E-state index is 13.9. The number of benzene rings is 3. The number of hydrogen-bond acceptors (Lipinski definition) is 6. The number of carbonyl (C=O) groups is 3. The third-order valence-electron chi connectivity index (χ3n) is 7.61. The SMILES string of the molecule is CCOc1cc([C@H]2C3=C(CC(C)(C)CC3=O)Nc3ccccc3N2C(=O)CCC(=O)O)ccc1OCc1ccc(Cl)cc1. The first-order chi connectivity index (χ1) is 20.6. The van der Waals surface area contributed by atoms with Gasteiger partial charge in [0, 0.05) is 29.1 Å². The highest BCUT2D eigenvalue weighted by Gasteiger charge is 2.43. The van der Waals surface area contributed by atoms with Crippen LogP contribution in [0.2, 0.25) is 5.02 Å². The number of ether oxygens (including phenoxy) is 2. The molecule has 0 bridgehead atoms. The molecule has 0 spiro atoms. The number of hydrogen-bond donors (Lipinski definition) is 2. The van der Waals surface area contributed by atoms with Gasteiger partial charge in [-0.2, -0.15) is 0 Å². The van der Waals surface area contributed by atoms with Crippen molar-refractivity contribution in [3.05, 3.63) is 94.1 Å². The molecule has 1 heterocycles. The van der Waals surface area contributed by atoms with Crippen molar-refractivity contribution < 1.29 is 29.0 Å². The van der Waals surface area contributed by atoms with Crippen LogP contribution in [-0.4, -0.2) is 29.4 Å². The molecule has 1 atom stereocenters. The topological polar surface area (TPSA) is 105 Å². The summed E-state index contributed by atoms with van der Waals surface area (Å²) in [5.41, 5.74) is 3.82. The van der Waals surface area contributed by atoms with E-state index in [-0.39, 0.29) is 24.0 Å². The molecule has 43 heavy (non-hydrogen) atoms. The number of carbonyl (C=O) groups excluding carboxylic acids is 2. The standard InChI is InChI=1S/C34H35ClN2O6/c1-4-42-29-17-22(11-14-28(29)43-20-21-9-12-23(35)13-10-21)33-32-25(18-34(2,3)19-27(32)38)36-24-7-5-6-8-26(24)37(33)30(39)15-16-31(40)41/h5-14,17,33,36H,4,15-16,18-20H2,1-3H3,(H,40,41)/t33-/m0/s1. The summed E-state index contributed by atoms with van der Waals surface area (Å²) in [6, 6.07) is 19.4. The summed E-state index contributed by atoms with van der Waals surface area (Å²) in [6.45, 7) is 6.64. The van der Waals surface area contributed by atoms with Gasteiger partial charge in [0.1, 0.15) is 6.61 Å². The van der Waals surface area contributed by atoms with Crippen molar-refractivity contribution >= 4 is 40.6 Å². The van der Waals surface area contributed by atoms with Crippen molar-refractivity contribution in [1.82, 2.24) is 0 Å². The highest BCUT2D eigenvalue weighted by Crippen LogP contribution is 2.49. The average Bonchev–Trinajstić information content (AvgIpc) is 3.10. The molecule has 0 aromatic heterocycles. The Morgan fingerprint density at radius 1 is 1.00 bits per heavy atom. The largest absolute Gasteiger partial charge is 0.490 e. The number of rotatable bonds is 9. The van der Waals surface area contributed by atoms with Crippen LogP contribution in [0, 0.1) is 5.41 Å². The van der Waals surface area contributed by atoms with Gasteiger partial charge in [0.05, 0.1) is 30.4 Å². The first-order valence-electron chi connectivity index (χ1n) is 14.4. The summed E-state index contributed by atoms with van der Waals surface area (Å²) >= 11 is 6.02. The molecule has 0 saturated carbocycles. The number of para-hydroxylation sites is 2. The van der Waals surface area contributed by atoms with Crippen LogP contribution in [0.15, 0.2) is 78.0 Å². The Kier molecular flexibility index (Phi) is 8.78. The fourth-order valence-electron chi connectivity index (χ4n) is 5.74. The summed E-state index contributed by atoms with van der Waals surface area (Å²) in [4.78, 5) is 40.9. The Labute approximate surface area is 256 Å². The highest BCUT2D eigenvalue weighted by molar-refractivity contribution is 6.30.